The van der Waals surface area contributed by atoms with Crippen molar-refractivity contribution in [1.82, 2.24) is 9.78 Å². The van der Waals surface area contributed by atoms with E-state index in [0.717, 1.165) is 0 Å². The van der Waals surface area contributed by atoms with Gasteiger partial charge in [0.05, 0.1) is 12.3 Å². The number of anilines is 1. The average Bonchev–Trinajstić information content (AvgIpc) is 2.74. The Labute approximate surface area is 125 Å². The van der Waals surface area contributed by atoms with E-state index in [-0.39, 0.29) is 29.8 Å². The highest BCUT2D eigenvalue weighted by Crippen LogP contribution is 2.50. The smallest absolute Gasteiger partial charge is 0.246 e. The molecule has 7 heteroatoms. The van der Waals surface area contributed by atoms with E-state index in [1.807, 2.05) is 20.8 Å². The van der Waals surface area contributed by atoms with E-state index >= 15 is 0 Å². The summed E-state index contributed by atoms with van der Waals surface area (Å²) >= 11 is 0. The van der Waals surface area contributed by atoms with Gasteiger partial charge in [-0.1, -0.05) is 13.8 Å². The normalized spacial score (nSPS) is 27.4. The van der Waals surface area contributed by atoms with Crippen molar-refractivity contribution >= 4 is 24.1 Å². The molecule has 0 bridgehead atoms. The van der Waals surface area contributed by atoms with Gasteiger partial charge in [0.1, 0.15) is 11.4 Å². The predicted molar refractivity (Wildman–Crippen MR) is 79.8 cm³/mol. The van der Waals surface area contributed by atoms with Crippen LogP contribution in [0.15, 0.2) is 12.3 Å². The van der Waals surface area contributed by atoms with Crippen molar-refractivity contribution in [1.29, 1.82) is 0 Å². The van der Waals surface area contributed by atoms with Gasteiger partial charge in [0, 0.05) is 31.6 Å². The van der Waals surface area contributed by atoms with Crippen LogP contribution in [0.4, 0.5) is 5.82 Å². The molecule has 2 rings (SSSR count). The number of hydrogen-bond acceptors (Lipinski definition) is 4. The van der Waals surface area contributed by atoms with Crippen LogP contribution in [-0.4, -0.2) is 33.9 Å². The van der Waals surface area contributed by atoms with Gasteiger partial charge < -0.3 is 15.8 Å². The van der Waals surface area contributed by atoms with Gasteiger partial charge in [-0.05, 0) is 6.92 Å². The second-order valence-electron chi connectivity index (χ2n) is 5.64. The first kappa shape index (κ1) is 16.9. The molecule has 1 heterocycles. The Kier molecular flexibility index (Phi) is 4.84. The minimum Gasteiger partial charge on any atom is -0.378 e. The van der Waals surface area contributed by atoms with Crippen LogP contribution in [0.3, 0.4) is 0 Å². The minimum atomic E-state index is -0.906. The molecule has 0 radical (unpaired) electrons. The number of ether oxygens (including phenoxy) is 1. The fourth-order valence-corrected chi connectivity index (χ4v) is 2.54. The summed E-state index contributed by atoms with van der Waals surface area (Å²) in [4.78, 5) is 12.4. The van der Waals surface area contributed by atoms with Crippen LogP contribution in [-0.2, 0) is 16.6 Å². The van der Waals surface area contributed by atoms with Crippen molar-refractivity contribution in [2.24, 2.45) is 18.2 Å². The Bertz CT molecular complexity index is 488. The molecule has 1 aliphatic carbocycles. The number of rotatable bonds is 4. The maximum absolute atomic E-state index is 12.4. The molecule has 114 valence electrons. The lowest BCUT2D eigenvalue weighted by atomic mass is 9.54. The van der Waals surface area contributed by atoms with Crippen LogP contribution in [0.25, 0.3) is 0 Å². The summed E-state index contributed by atoms with van der Waals surface area (Å²) in [6, 6.07) is 1.74. The zero-order valence-electron chi connectivity index (χ0n) is 12.3. The molecule has 1 aliphatic rings. The van der Waals surface area contributed by atoms with E-state index in [1.165, 1.54) is 0 Å². The maximum Gasteiger partial charge on any atom is 0.246 e. The summed E-state index contributed by atoms with van der Waals surface area (Å²) in [5, 5.41) is 6.84. The van der Waals surface area contributed by atoms with Gasteiger partial charge in [0.2, 0.25) is 5.91 Å². The second-order valence-corrected chi connectivity index (χ2v) is 5.64. The number of halogens is 1. The number of carbonyl (C=O) groups excluding carboxylic acids is 1. The quantitative estimate of drug-likeness (QED) is 0.878. The lowest BCUT2D eigenvalue weighted by Gasteiger charge is -2.57. The Morgan fingerprint density at radius 1 is 1.65 bits per heavy atom. The molecule has 1 saturated carbocycles. The van der Waals surface area contributed by atoms with Gasteiger partial charge >= 0.3 is 0 Å². The number of aromatic nitrogens is 2. The summed E-state index contributed by atoms with van der Waals surface area (Å²) in [5.41, 5.74) is 5.00. The highest BCUT2D eigenvalue weighted by atomic mass is 35.5. The first-order valence-corrected chi connectivity index (χ1v) is 6.53. The van der Waals surface area contributed by atoms with Crippen molar-refractivity contribution < 1.29 is 9.53 Å². The molecule has 1 aromatic heterocycles. The summed E-state index contributed by atoms with van der Waals surface area (Å²) in [5.74, 6) is 0.461. The molecule has 3 N–H and O–H groups in total. The molecular weight excluding hydrogens is 280 g/mol. The number of carbonyl (C=O) groups is 1. The third-order valence-electron chi connectivity index (χ3n) is 4.30. The second kappa shape index (κ2) is 5.71. The number of hydrogen-bond donors (Lipinski definition) is 2. The van der Waals surface area contributed by atoms with E-state index in [1.54, 1.807) is 24.0 Å². The fraction of sp³-hybridized carbons (Fsp3) is 0.692. The molecule has 1 fully saturated rings. The van der Waals surface area contributed by atoms with Crippen LogP contribution in [0, 0.1) is 5.41 Å². The number of nitrogens with two attached hydrogens (primary N) is 1. The summed E-state index contributed by atoms with van der Waals surface area (Å²) < 4.78 is 7.22. The molecular formula is C13H23ClN4O2. The minimum absolute atomic E-state index is 0. The first-order chi connectivity index (χ1) is 8.83. The molecule has 1 amide bonds. The monoisotopic (exact) mass is 302 g/mol. The third-order valence-corrected chi connectivity index (χ3v) is 4.30. The number of nitrogens with one attached hydrogen (secondary N) is 1. The van der Waals surface area contributed by atoms with Crippen molar-refractivity contribution in [3.8, 4) is 0 Å². The van der Waals surface area contributed by atoms with Gasteiger partial charge in [0.15, 0.2) is 0 Å². The van der Waals surface area contributed by atoms with Crippen LogP contribution in [0.2, 0.25) is 0 Å². The first-order valence-electron chi connectivity index (χ1n) is 6.53. The molecule has 0 aliphatic heterocycles. The highest BCUT2D eigenvalue weighted by Gasteiger charge is 2.62. The van der Waals surface area contributed by atoms with Gasteiger partial charge in [-0.15, -0.1) is 12.4 Å². The number of aryl methyl sites for hydroxylation is 1. The van der Waals surface area contributed by atoms with E-state index in [9.17, 15) is 4.79 Å². The molecule has 1 aromatic rings. The average molecular weight is 303 g/mol. The Balaban J connectivity index is 0.00000200. The van der Waals surface area contributed by atoms with E-state index in [4.69, 9.17) is 10.5 Å². The number of amides is 1. The molecule has 2 atom stereocenters. The van der Waals surface area contributed by atoms with E-state index < -0.39 is 5.54 Å². The third kappa shape index (κ3) is 2.43. The summed E-state index contributed by atoms with van der Waals surface area (Å²) in [6.07, 6.45) is 2.20. The molecule has 6 nitrogen and oxygen atoms in total. The fourth-order valence-electron chi connectivity index (χ4n) is 2.54. The highest BCUT2D eigenvalue weighted by molar-refractivity contribution is 5.99. The van der Waals surface area contributed by atoms with Crippen molar-refractivity contribution in [3.63, 3.8) is 0 Å². The van der Waals surface area contributed by atoms with Crippen LogP contribution < -0.4 is 11.1 Å². The largest absolute Gasteiger partial charge is 0.378 e. The van der Waals surface area contributed by atoms with Gasteiger partial charge in [-0.2, -0.15) is 5.10 Å². The summed E-state index contributed by atoms with van der Waals surface area (Å²) in [7, 11) is 1.77. The molecule has 20 heavy (non-hydrogen) atoms. The predicted octanol–water partition coefficient (Wildman–Crippen LogP) is 1.31. The standard InChI is InChI=1S/C13H22N4O2.ClH/c1-5-19-9-8-13(14,12(9,2)3)11(18)16-10-6-7-15-17(10)4;/h6-7,9H,5,8,14H2,1-4H3,(H,16,18);1H. The lowest BCUT2D eigenvalue weighted by Crippen LogP contribution is -2.74. The van der Waals surface area contributed by atoms with E-state index in [2.05, 4.69) is 10.4 Å². The van der Waals surface area contributed by atoms with Crippen molar-refractivity contribution in [2.75, 3.05) is 11.9 Å². The Morgan fingerprint density at radius 2 is 2.30 bits per heavy atom. The lowest BCUT2D eigenvalue weighted by molar-refractivity contribution is -0.166. The van der Waals surface area contributed by atoms with Crippen LogP contribution >= 0.6 is 12.4 Å². The number of nitrogens with zero attached hydrogens (tertiary/aromatic N) is 2. The molecule has 0 spiro atoms. The zero-order valence-corrected chi connectivity index (χ0v) is 13.2. The van der Waals surface area contributed by atoms with Crippen molar-refractivity contribution in [3.05, 3.63) is 12.3 Å². The van der Waals surface area contributed by atoms with Crippen LogP contribution in [0.1, 0.15) is 27.2 Å². The maximum atomic E-state index is 12.4. The SMILES string of the molecule is CCOC1CC(N)(C(=O)Nc2ccnn2C)C1(C)C.Cl. The van der Waals surface area contributed by atoms with Crippen molar-refractivity contribution in [2.45, 2.75) is 38.8 Å². The molecule has 2 unspecified atom stereocenters. The molecule has 0 saturated heterocycles. The van der Waals surface area contributed by atoms with Gasteiger partial charge in [-0.25, -0.2) is 0 Å². The van der Waals surface area contributed by atoms with Crippen LogP contribution in [0.5, 0.6) is 0 Å². The topological polar surface area (TPSA) is 82.2 Å². The Morgan fingerprint density at radius 3 is 2.75 bits per heavy atom. The Hall–Kier alpha value is -1.11. The van der Waals surface area contributed by atoms with Gasteiger partial charge in [-0.3, -0.25) is 9.48 Å². The van der Waals surface area contributed by atoms with E-state index in [0.29, 0.717) is 18.8 Å². The zero-order chi connectivity index (χ0) is 14.3. The molecule has 0 aromatic carbocycles. The van der Waals surface area contributed by atoms with Gasteiger partial charge in [0.25, 0.3) is 0 Å². The summed E-state index contributed by atoms with van der Waals surface area (Å²) in [6.45, 7) is 6.52.